The fourth-order valence-corrected chi connectivity index (χ4v) is 2.05. The van der Waals surface area contributed by atoms with Crippen LogP contribution >= 0.6 is 0 Å². The van der Waals surface area contributed by atoms with Gasteiger partial charge in [0.2, 0.25) is 5.82 Å². The summed E-state index contributed by atoms with van der Waals surface area (Å²) in [6.45, 7) is 2.02. The van der Waals surface area contributed by atoms with Gasteiger partial charge in [0, 0.05) is 11.8 Å². The summed E-state index contributed by atoms with van der Waals surface area (Å²) in [7, 11) is 0. The average molecular weight is 274 g/mol. The van der Waals surface area contributed by atoms with Crippen molar-refractivity contribution < 1.29 is 9.31 Å². The standard InChI is InChI=1S/C15H15FN2O2/c1-2-14(11-6-4-3-5-7-11)17-12-8-9-13(16)15(10-12)18(19)20/h3-10,14,17H,2H2,1H3. The molecule has 1 unspecified atom stereocenters. The second kappa shape index (κ2) is 6.14. The molecular formula is C15H15FN2O2. The third-order valence-electron chi connectivity index (χ3n) is 3.09. The molecule has 0 fully saturated rings. The van der Waals surface area contributed by atoms with Crippen molar-refractivity contribution >= 4 is 11.4 Å². The molecular weight excluding hydrogens is 259 g/mol. The molecule has 0 saturated heterocycles. The predicted molar refractivity (Wildman–Crippen MR) is 76.2 cm³/mol. The Morgan fingerprint density at radius 3 is 2.55 bits per heavy atom. The summed E-state index contributed by atoms with van der Waals surface area (Å²) in [6.07, 6.45) is 0.815. The Hall–Kier alpha value is -2.43. The number of hydrogen-bond acceptors (Lipinski definition) is 3. The van der Waals surface area contributed by atoms with Crippen LogP contribution in [0.5, 0.6) is 0 Å². The zero-order chi connectivity index (χ0) is 14.5. The first-order chi connectivity index (χ1) is 9.61. The minimum absolute atomic E-state index is 0.0289. The molecule has 0 radical (unpaired) electrons. The summed E-state index contributed by atoms with van der Waals surface area (Å²) in [5.74, 6) is -0.826. The first kappa shape index (κ1) is 14.0. The predicted octanol–water partition coefficient (Wildman–Crippen LogP) is 4.30. The number of hydrogen-bond donors (Lipinski definition) is 1. The van der Waals surface area contributed by atoms with E-state index in [0.717, 1.165) is 18.1 Å². The van der Waals surface area contributed by atoms with E-state index < -0.39 is 16.4 Å². The highest BCUT2D eigenvalue weighted by molar-refractivity contribution is 5.53. The monoisotopic (exact) mass is 274 g/mol. The number of nitro groups is 1. The van der Waals surface area contributed by atoms with E-state index in [9.17, 15) is 14.5 Å². The molecule has 4 nitrogen and oxygen atoms in total. The third kappa shape index (κ3) is 3.12. The van der Waals surface area contributed by atoms with Gasteiger partial charge >= 0.3 is 5.69 Å². The Labute approximate surface area is 116 Å². The van der Waals surface area contributed by atoms with Crippen molar-refractivity contribution in [3.05, 3.63) is 70.0 Å². The molecule has 20 heavy (non-hydrogen) atoms. The molecule has 104 valence electrons. The van der Waals surface area contributed by atoms with Gasteiger partial charge in [-0.2, -0.15) is 4.39 Å². The van der Waals surface area contributed by atoms with Gasteiger partial charge in [0.1, 0.15) is 0 Å². The smallest absolute Gasteiger partial charge is 0.306 e. The molecule has 0 spiro atoms. The van der Waals surface area contributed by atoms with Crippen LogP contribution in [-0.2, 0) is 0 Å². The van der Waals surface area contributed by atoms with Crippen molar-refractivity contribution in [2.75, 3.05) is 5.32 Å². The summed E-state index contributed by atoms with van der Waals surface area (Å²) in [5.41, 5.74) is 1.11. The Bertz CT molecular complexity index is 602. The Morgan fingerprint density at radius 1 is 1.25 bits per heavy atom. The van der Waals surface area contributed by atoms with Gasteiger partial charge in [0.15, 0.2) is 0 Å². The lowest BCUT2D eigenvalue weighted by atomic mass is 10.0. The molecule has 2 aromatic carbocycles. The van der Waals surface area contributed by atoms with Crippen molar-refractivity contribution in [3.8, 4) is 0 Å². The average Bonchev–Trinajstić information content (AvgIpc) is 2.47. The lowest BCUT2D eigenvalue weighted by Crippen LogP contribution is -2.09. The molecule has 1 atom stereocenters. The molecule has 0 heterocycles. The Balaban J connectivity index is 2.24. The summed E-state index contributed by atoms with van der Waals surface area (Å²) < 4.78 is 13.3. The van der Waals surface area contributed by atoms with Crippen LogP contribution in [0, 0.1) is 15.9 Å². The number of nitro benzene ring substituents is 1. The summed E-state index contributed by atoms with van der Waals surface area (Å²) in [6, 6.07) is 13.6. The highest BCUT2D eigenvalue weighted by atomic mass is 19.1. The third-order valence-corrected chi connectivity index (χ3v) is 3.09. The molecule has 0 aliphatic rings. The number of halogens is 1. The van der Waals surface area contributed by atoms with E-state index in [0.29, 0.717) is 5.69 Å². The van der Waals surface area contributed by atoms with Gasteiger partial charge in [0.25, 0.3) is 0 Å². The molecule has 0 aromatic heterocycles. The summed E-state index contributed by atoms with van der Waals surface area (Å²) in [4.78, 5) is 10.0. The van der Waals surface area contributed by atoms with Gasteiger partial charge in [0.05, 0.1) is 11.0 Å². The van der Waals surface area contributed by atoms with E-state index in [1.807, 2.05) is 37.3 Å². The van der Waals surface area contributed by atoms with Gasteiger partial charge in [-0.15, -0.1) is 0 Å². The van der Waals surface area contributed by atoms with Crippen LogP contribution in [0.2, 0.25) is 0 Å². The van der Waals surface area contributed by atoms with Crippen LogP contribution < -0.4 is 5.32 Å². The molecule has 0 aliphatic heterocycles. The Kier molecular flexibility index (Phi) is 4.30. The molecule has 2 aromatic rings. The minimum atomic E-state index is -0.826. The van der Waals surface area contributed by atoms with Gasteiger partial charge in [-0.3, -0.25) is 10.1 Å². The second-order valence-corrected chi connectivity index (χ2v) is 4.44. The van der Waals surface area contributed by atoms with Crippen LogP contribution in [0.15, 0.2) is 48.5 Å². The lowest BCUT2D eigenvalue weighted by molar-refractivity contribution is -0.387. The van der Waals surface area contributed by atoms with Crippen molar-refractivity contribution in [2.24, 2.45) is 0 Å². The number of nitrogens with zero attached hydrogens (tertiary/aromatic N) is 1. The fraction of sp³-hybridized carbons (Fsp3) is 0.200. The number of nitrogens with one attached hydrogen (secondary N) is 1. The highest BCUT2D eigenvalue weighted by Crippen LogP contribution is 2.26. The molecule has 5 heteroatoms. The number of benzene rings is 2. The van der Waals surface area contributed by atoms with Crippen molar-refractivity contribution in [1.29, 1.82) is 0 Å². The zero-order valence-corrected chi connectivity index (χ0v) is 11.0. The van der Waals surface area contributed by atoms with E-state index >= 15 is 0 Å². The largest absolute Gasteiger partial charge is 0.378 e. The molecule has 0 saturated carbocycles. The summed E-state index contributed by atoms with van der Waals surface area (Å²) in [5, 5.41) is 13.9. The lowest BCUT2D eigenvalue weighted by Gasteiger charge is -2.18. The van der Waals surface area contributed by atoms with Crippen LogP contribution in [0.1, 0.15) is 24.9 Å². The molecule has 0 aliphatic carbocycles. The molecule has 0 bridgehead atoms. The SMILES string of the molecule is CCC(Nc1ccc(F)c([N+](=O)[O-])c1)c1ccccc1. The van der Waals surface area contributed by atoms with Crippen molar-refractivity contribution in [1.82, 2.24) is 0 Å². The second-order valence-electron chi connectivity index (χ2n) is 4.44. The van der Waals surface area contributed by atoms with E-state index in [1.165, 1.54) is 12.1 Å². The highest BCUT2D eigenvalue weighted by Gasteiger charge is 2.16. The van der Waals surface area contributed by atoms with Gasteiger partial charge in [-0.05, 0) is 24.1 Å². The van der Waals surface area contributed by atoms with Crippen LogP contribution in [0.4, 0.5) is 15.8 Å². The fourth-order valence-electron chi connectivity index (χ4n) is 2.05. The normalized spacial score (nSPS) is 11.9. The Morgan fingerprint density at radius 2 is 1.95 bits per heavy atom. The van der Waals surface area contributed by atoms with Gasteiger partial charge < -0.3 is 5.32 Å². The first-order valence-electron chi connectivity index (χ1n) is 6.37. The van der Waals surface area contributed by atoms with Crippen molar-refractivity contribution in [2.45, 2.75) is 19.4 Å². The van der Waals surface area contributed by atoms with E-state index in [4.69, 9.17) is 0 Å². The van der Waals surface area contributed by atoms with E-state index in [1.54, 1.807) is 0 Å². The van der Waals surface area contributed by atoms with E-state index in [2.05, 4.69) is 5.32 Å². The van der Waals surface area contributed by atoms with E-state index in [-0.39, 0.29) is 6.04 Å². The minimum Gasteiger partial charge on any atom is -0.378 e. The molecule has 0 amide bonds. The maximum Gasteiger partial charge on any atom is 0.306 e. The number of rotatable bonds is 5. The summed E-state index contributed by atoms with van der Waals surface area (Å²) >= 11 is 0. The van der Waals surface area contributed by atoms with Crippen LogP contribution in [-0.4, -0.2) is 4.92 Å². The van der Waals surface area contributed by atoms with Crippen LogP contribution in [0.3, 0.4) is 0 Å². The molecule has 2 rings (SSSR count). The quantitative estimate of drug-likeness (QED) is 0.653. The topological polar surface area (TPSA) is 55.2 Å². The first-order valence-corrected chi connectivity index (χ1v) is 6.37. The molecule has 1 N–H and O–H groups in total. The van der Waals surface area contributed by atoms with Crippen LogP contribution in [0.25, 0.3) is 0 Å². The van der Waals surface area contributed by atoms with Gasteiger partial charge in [-0.25, -0.2) is 0 Å². The van der Waals surface area contributed by atoms with Gasteiger partial charge in [-0.1, -0.05) is 37.3 Å². The number of anilines is 1. The maximum absolute atomic E-state index is 13.3. The zero-order valence-electron chi connectivity index (χ0n) is 11.0. The maximum atomic E-state index is 13.3. The van der Waals surface area contributed by atoms with Crippen molar-refractivity contribution in [3.63, 3.8) is 0 Å².